The molecule has 106 valence electrons. The maximum Gasteiger partial charge on any atom is 0.195 e. The molecule has 2 heterocycles. The van der Waals surface area contributed by atoms with Crippen molar-refractivity contribution in [3.05, 3.63) is 58.4 Å². The monoisotopic (exact) mass is 300 g/mol. The summed E-state index contributed by atoms with van der Waals surface area (Å²) in [5.74, 6) is 0.569. The van der Waals surface area contributed by atoms with Crippen molar-refractivity contribution in [1.82, 2.24) is 9.97 Å². The van der Waals surface area contributed by atoms with Crippen molar-refractivity contribution in [2.24, 2.45) is 0 Å². The Morgan fingerprint density at radius 1 is 1.33 bits per heavy atom. The lowest BCUT2D eigenvalue weighted by atomic mass is 10.0. The molecule has 5 heteroatoms. The van der Waals surface area contributed by atoms with Crippen molar-refractivity contribution >= 4 is 28.4 Å². The van der Waals surface area contributed by atoms with Gasteiger partial charge in [-0.25, -0.2) is 4.98 Å². The topological polar surface area (TPSA) is 55.0 Å². The predicted octanol–water partition coefficient (Wildman–Crippen LogP) is 3.76. The van der Waals surface area contributed by atoms with E-state index in [2.05, 4.69) is 9.97 Å². The van der Waals surface area contributed by atoms with Crippen LogP contribution in [0.15, 0.2) is 36.7 Å². The minimum absolute atomic E-state index is 0.116. The first-order valence-electron chi connectivity index (χ1n) is 6.42. The highest BCUT2D eigenvalue weighted by Crippen LogP contribution is 2.28. The molecule has 0 saturated heterocycles. The van der Waals surface area contributed by atoms with Gasteiger partial charge in [-0.3, -0.25) is 4.79 Å². The normalized spacial score (nSPS) is 10.8. The number of ketones is 1. The third-order valence-electron chi connectivity index (χ3n) is 3.44. The molecule has 0 bridgehead atoms. The number of rotatable bonds is 3. The number of H-pyrrole nitrogens is 1. The van der Waals surface area contributed by atoms with Crippen molar-refractivity contribution in [2.45, 2.75) is 6.92 Å². The molecule has 0 aliphatic rings. The number of methoxy groups -OCH3 is 1. The van der Waals surface area contributed by atoms with E-state index in [1.54, 1.807) is 37.7 Å². The summed E-state index contributed by atoms with van der Waals surface area (Å²) in [7, 11) is 1.59. The molecule has 1 aromatic carbocycles. The number of nitrogens with zero attached hydrogens (tertiary/aromatic N) is 1. The fourth-order valence-corrected chi connectivity index (χ4v) is 2.56. The Bertz CT molecular complexity index is 839. The number of fused-ring (bicyclic) bond motifs is 1. The molecule has 0 radical (unpaired) electrons. The summed E-state index contributed by atoms with van der Waals surface area (Å²) in [6.07, 6.45) is 3.24. The van der Waals surface area contributed by atoms with Crippen molar-refractivity contribution in [3.63, 3.8) is 0 Å². The molecule has 0 aliphatic carbocycles. The van der Waals surface area contributed by atoms with E-state index in [9.17, 15) is 4.79 Å². The number of aromatic amines is 1. The largest absolute Gasteiger partial charge is 0.496 e. The van der Waals surface area contributed by atoms with Crippen LogP contribution < -0.4 is 4.74 Å². The lowest BCUT2D eigenvalue weighted by Crippen LogP contribution is -2.01. The lowest BCUT2D eigenvalue weighted by Gasteiger charge is -2.07. The molecular weight excluding hydrogens is 288 g/mol. The average Bonchev–Trinajstić information content (AvgIpc) is 2.92. The average molecular weight is 301 g/mol. The SMILES string of the molecule is COc1cc(C(=O)c2c[nH]c3nccc(Cl)c23)ccc1C. The Morgan fingerprint density at radius 2 is 2.14 bits per heavy atom. The predicted molar refractivity (Wildman–Crippen MR) is 82.3 cm³/mol. The zero-order valence-electron chi connectivity index (χ0n) is 11.6. The van der Waals surface area contributed by atoms with Gasteiger partial charge in [0, 0.05) is 23.3 Å². The van der Waals surface area contributed by atoms with Gasteiger partial charge in [-0.05, 0) is 24.6 Å². The van der Waals surface area contributed by atoms with Gasteiger partial charge in [-0.15, -0.1) is 0 Å². The van der Waals surface area contributed by atoms with Gasteiger partial charge < -0.3 is 9.72 Å². The van der Waals surface area contributed by atoms with Crippen LogP contribution in [-0.2, 0) is 0 Å². The fourth-order valence-electron chi connectivity index (χ4n) is 2.31. The second-order valence-corrected chi connectivity index (χ2v) is 5.14. The summed E-state index contributed by atoms with van der Waals surface area (Å²) in [6.45, 7) is 1.93. The van der Waals surface area contributed by atoms with Crippen LogP contribution in [0.3, 0.4) is 0 Å². The summed E-state index contributed by atoms with van der Waals surface area (Å²) < 4.78 is 5.27. The molecule has 4 nitrogen and oxygen atoms in total. The van der Waals surface area contributed by atoms with Crippen molar-refractivity contribution < 1.29 is 9.53 Å². The number of hydrogen-bond donors (Lipinski definition) is 1. The second-order valence-electron chi connectivity index (χ2n) is 4.73. The number of aromatic nitrogens is 2. The van der Waals surface area contributed by atoms with Crippen molar-refractivity contribution in [2.75, 3.05) is 7.11 Å². The number of nitrogens with one attached hydrogen (secondary N) is 1. The molecule has 0 saturated carbocycles. The molecule has 2 aromatic heterocycles. The second kappa shape index (κ2) is 5.22. The number of pyridine rings is 1. The van der Waals surface area contributed by atoms with E-state index in [0.717, 1.165) is 5.56 Å². The summed E-state index contributed by atoms with van der Waals surface area (Å²) in [6, 6.07) is 7.05. The van der Waals surface area contributed by atoms with Crippen LogP contribution in [0.25, 0.3) is 11.0 Å². The van der Waals surface area contributed by atoms with E-state index in [1.807, 2.05) is 13.0 Å². The fraction of sp³-hybridized carbons (Fsp3) is 0.125. The van der Waals surface area contributed by atoms with E-state index in [0.29, 0.717) is 32.9 Å². The Labute approximate surface area is 126 Å². The van der Waals surface area contributed by atoms with Crippen LogP contribution in [0, 0.1) is 6.92 Å². The Balaban J connectivity index is 2.13. The van der Waals surface area contributed by atoms with E-state index in [1.165, 1.54) is 0 Å². The summed E-state index contributed by atoms with van der Waals surface area (Å²) in [5, 5.41) is 1.15. The Hall–Kier alpha value is -2.33. The highest BCUT2D eigenvalue weighted by Gasteiger charge is 2.17. The number of halogens is 1. The number of carbonyl (C=O) groups excluding carboxylic acids is 1. The molecule has 1 N–H and O–H groups in total. The van der Waals surface area contributed by atoms with Gasteiger partial charge in [0.2, 0.25) is 0 Å². The van der Waals surface area contributed by atoms with Gasteiger partial charge >= 0.3 is 0 Å². The van der Waals surface area contributed by atoms with E-state index >= 15 is 0 Å². The Kier molecular flexibility index (Phi) is 3.39. The van der Waals surface area contributed by atoms with Gasteiger partial charge in [0.25, 0.3) is 0 Å². The minimum Gasteiger partial charge on any atom is -0.496 e. The first-order chi connectivity index (χ1) is 10.1. The number of aryl methyl sites for hydroxylation is 1. The lowest BCUT2D eigenvalue weighted by molar-refractivity contribution is 0.104. The molecule has 3 rings (SSSR count). The standard InChI is InChI=1S/C16H13ClN2O2/c1-9-3-4-10(7-13(9)21-2)15(20)11-8-19-16-14(11)12(17)5-6-18-16/h3-8H,1-2H3,(H,18,19). The maximum absolute atomic E-state index is 12.7. The highest BCUT2D eigenvalue weighted by atomic mass is 35.5. The van der Waals surface area contributed by atoms with Crippen molar-refractivity contribution in [3.8, 4) is 5.75 Å². The molecule has 3 aromatic rings. The smallest absolute Gasteiger partial charge is 0.195 e. The number of hydrogen-bond acceptors (Lipinski definition) is 3. The third-order valence-corrected chi connectivity index (χ3v) is 3.75. The molecule has 21 heavy (non-hydrogen) atoms. The quantitative estimate of drug-likeness (QED) is 0.749. The van der Waals surface area contributed by atoms with Crippen LogP contribution >= 0.6 is 11.6 Å². The number of benzene rings is 1. The first-order valence-corrected chi connectivity index (χ1v) is 6.80. The molecule has 0 spiro atoms. The summed E-state index contributed by atoms with van der Waals surface area (Å²) in [4.78, 5) is 19.8. The molecule has 0 amide bonds. The van der Waals surface area contributed by atoms with Crippen LogP contribution in [0.4, 0.5) is 0 Å². The van der Waals surface area contributed by atoms with E-state index in [4.69, 9.17) is 16.3 Å². The highest BCUT2D eigenvalue weighted by molar-refractivity contribution is 6.37. The van der Waals surface area contributed by atoms with Crippen LogP contribution in [0.1, 0.15) is 21.5 Å². The first kappa shape index (κ1) is 13.6. The van der Waals surface area contributed by atoms with Gasteiger partial charge in [0.05, 0.1) is 17.7 Å². The van der Waals surface area contributed by atoms with Crippen LogP contribution in [0.5, 0.6) is 5.75 Å². The molecule has 0 fully saturated rings. The van der Waals surface area contributed by atoms with Crippen LogP contribution in [0.2, 0.25) is 5.02 Å². The summed E-state index contributed by atoms with van der Waals surface area (Å²) in [5.41, 5.74) is 2.64. The summed E-state index contributed by atoms with van der Waals surface area (Å²) >= 11 is 6.18. The Morgan fingerprint density at radius 3 is 2.90 bits per heavy atom. The van der Waals surface area contributed by atoms with Crippen molar-refractivity contribution in [1.29, 1.82) is 0 Å². The zero-order valence-corrected chi connectivity index (χ0v) is 12.4. The molecule has 0 unspecified atom stereocenters. The zero-order chi connectivity index (χ0) is 15.0. The van der Waals surface area contributed by atoms with E-state index < -0.39 is 0 Å². The van der Waals surface area contributed by atoms with Gasteiger partial charge in [-0.1, -0.05) is 23.7 Å². The molecule has 0 atom stereocenters. The van der Waals surface area contributed by atoms with Gasteiger partial charge in [0.15, 0.2) is 5.78 Å². The number of carbonyl (C=O) groups is 1. The molecule has 0 aliphatic heterocycles. The maximum atomic E-state index is 12.7. The van der Waals surface area contributed by atoms with E-state index in [-0.39, 0.29) is 5.78 Å². The van der Waals surface area contributed by atoms with Gasteiger partial charge in [-0.2, -0.15) is 0 Å². The molecular formula is C16H13ClN2O2. The number of ether oxygens (including phenoxy) is 1. The van der Waals surface area contributed by atoms with Crippen LogP contribution in [-0.4, -0.2) is 22.9 Å². The van der Waals surface area contributed by atoms with Gasteiger partial charge in [0.1, 0.15) is 11.4 Å². The third kappa shape index (κ3) is 2.28. The minimum atomic E-state index is -0.116.